The number of aryl methyl sites for hydroxylation is 1. The van der Waals surface area contributed by atoms with Crippen molar-refractivity contribution in [3.05, 3.63) is 53.8 Å². The topological polar surface area (TPSA) is 36.4 Å². The van der Waals surface area contributed by atoms with Crippen molar-refractivity contribution in [2.75, 3.05) is 37.8 Å². The van der Waals surface area contributed by atoms with Crippen molar-refractivity contribution >= 4 is 44.4 Å². The Kier molecular flexibility index (Phi) is 8.24. The van der Waals surface area contributed by atoms with Crippen molar-refractivity contribution in [1.82, 2.24) is 9.88 Å². The molecule has 7 heteroatoms. The molecule has 0 spiro atoms. The molecule has 0 aliphatic carbocycles. The summed E-state index contributed by atoms with van der Waals surface area (Å²) < 4.78 is 14.1. The van der Waals surface area contributed by atoms with Gasteiger partial charge in [-0.05, 0) is 88.1 Å². The SMILES string of the molecule is Cc1ccc2nc(N(CCCN(C)C)C(=O)CCCSc3ccc(F)cc3)sc2c1. The summed E-state index contributed by atoms with van der Waals surface area (Å²) in [5, 5.41) is 0.783. The maximum Gasteiger partial charge on any atom is 0.228 e. The molecule has 0 unspecified atom stereocenters. The second-order valence-electron chi connectivity index (χ2n) is 7.58. The summed E-state index contributed by atoms with van der Waals surface area (Å²) in [5.41, 5.74) is 2.14. The van der Waals surface area contributed by atoms with Crippen LogP contribution in [0.1, 0.15) is 24.8 Å². The number of nitrogens with zero attached hydrogens (tertiary/aromatic N) is 3. The molecule has 2 aromatic carbocycles. The lowest BCUT2D eigenvalue weighted by Crippen LogP contribution is -2.33. The number of hydrogen-bond acceptors (Lipinski definition) is 5. The van der Waals surface area contributed by atoms with E-state index in [-0.39, 0.29) is 11.7 Å². The van der Waals surface area contributed by atoms with Crippen molar-refractivity contribution < 1.29 is 9.18 Å². The quantitative estimate of drug-likeness (QED) is 0.301. The highest BCUT2D eigenvalue weighted by Gasteiger charge is 2.19. The third-order valence-corrected chi connectivity index (χ3v) is 6.81. The molecule has 0 saturated heterocycles. The van der Waals surface area contributed by atoms with E-state index in [4.69, 9.17) is 4.98 Å². The van der Waals surface area contributed by atoms with Gasteiger partial charge in [0.15, 0.2) is 5.13 Å². The van der Waals surface area contributed by atoms with Crippen LogP contribution in [-0.4, -0.2) is 48.7 Å². The minimum absolute atomic E-state index is 0.115. The van der Waals surface area contributed by atoms with Gasteiger partial charge < -0.3 is 4.90 Å². The lowest BCUT2D eigenvalue weighted by molar-refractivity contribution is -0.118. The summed E-state index contributed by atoms with van der Waals surface area (Å²) in [6.07, 6.45) is 2.15. The van der Waals surface area contributed by atoms with Crippen LogP contribution in [0.4, 0.5) is 9.52 Å². The molecule has 160 valence electrons. The second-order valence-corrected chi connectivity index (χ2v) is 9.75. The Morgan fingerprint density at radius 3 is 2.60 bits per heavy atom. The van der Waals surface area contributed by atoms with Gasteiger partial charge in [0.2, 0.25) is 5.91 Å². The van der Waals surface area contributed by atoms with E-state index in [9.17, 15) is 9.18 Å². The molecule has 0 saturated carbocycles. The van der Waals surface area contributed by atoms with Crippen LogP contribution in [0.2, 0.25) is 0 Å². The second kappa shape index (κ2) is 10.9. The van der Waals surface area contributed by atoms with Crippen LogP contribution in [-0.2, 0) is 4.79 Å². The van der Waals surface area contributed by atoms with E-state index in [0.717, 1.165) is 45.4 Å². The number of halogens is 1. The first kappa shape index (κ1) is 22.7. The number of anilines is 1. The average molecular weight is 446 g/mol. The van der Waals surface area contributed by atoms with Crippen molar-refractivity contribution in [3.8, 4) is 0 Å². The highest BCUT2D eigenvalue weighted by atomic mass is 32.2. The number of aromatic nitrogens is 1. The number of thioether (sulfide) groups is 1. The Hall–Kier alpha value is -1.96. The fourth-order valence-electron chi connectivity index (χ4n) is 3.09. The first-order valence-electron chi connectivity index (χ1n) is 10.1. The van der Waals surface area contributed by atoms with Crippen molar-refractivity contribution in [2.24, 2.45) is 0 Å². The number of amides is 1. The van der Waals surface area contributed by atoms with Crippen molar-refractivity contribution in [3.63, 3.8) is 0 Å². The highest BCUT2D eigenvalue weighted by molar-refractivity contribution is 7.99. The Morgan fingerprint density at radius 2 is 1.87 bits per heavy atom. The normalized spacial score (nSPS) is 11.4. The third-order valence-electron chi connectivity index (χ3n) is 4.67. The van der Waals surface area contributed by atoms with Crippen LogP contribution in [0, 0.1) is 12.7 Å². The zero-order chi connectivity index (χ0) is 21.5. The monoisotopic (exact) mass is 445 g/mol. The molecular formula is C23H28FN3OS2. The number of fused-ring (bicyclic) bond motifs is 1. The smallest absolute Gasteiger partial charge is 0.228 e. The maximum absolute atomic E-state index is 13.0. The maximum atomic E-state index is 13.0. The minimum atomic E-state index is -0.228. The molecule has 3 aromatic rings. The van der Waals surface area contributed by atoms with E-state index in [2.05, 4.69) is 24.0 Å². The van der Waals surface area contributed by atoms with Crippen LogP contribution in [0.3, 0.4) is 0 Å². The van der Waals surface area contributed by atoms with E-state index in [0.29, 0.717) is 13.0 Å². The van der Waals surface area contributed by atoms with Gasteiger partial charge in [0, 0.05) is 17.9 Å². The molecule has 0 radical (unpaired) electrons. The van der Waals surface area contributed by atoms with Crippen molar-refractivity contribution in [2.45, 2.75) is 31.1 Å². The molecule has 30 heavy (non-hydrogen) atoms. The van der Waals surface area contributed by atoms with Crippen LogP contribution in [0.15, 0.2) is 47.4 Å². The molecule has 4 nitrogen and oxygen atoms in total. The van der Waals surface area contributed by atoms with E-state index in [1.165, 1.54) is 17.7 Å². The molecule has 3 rings (SSSR count). The van der Waals surface area contributed by atoms with E-state index in [1.54, 1.807) is 35.2 Å². The summed E-state index contributed by atoms with van der Waals surface area (Å²) in [6, 6.07) is 12.7. The molecule has 0 aliphatic rings. The standard InChI is InChI=1S/C23H28FN3OS2/c1-17-7-12-20-21(16-17)30-23(25-20)27(14-5-13-26(2)3)22(28)6-4-15-29-19-10-8-18(24)9-11-19/h7-12,16H,4-6,13-15H2,1-3H3. The molecular weight excluding hydrogens is 417 g/mol. The minimum Gasteiger partial charge on any atom is -0.309 e. The Bertz CT molecular complexity index is 972. The fourth-order valence-corrected chi connectivity index (χ4v) is 5.05. The van der Waals surface area contributed by atoms with Crippen LogP contribution in [0.5, 0.6) is 0 Å². The number of thiazole rings is 1. The van der Waals surface area contributed by atoms with Gasteiger partial charge in [0.25, 0.3) is 0 Å². The van der Waals surface area contributed by atoms with E-state index < -0.39 is 0 Å². The number of benzene rings is 2. The predicted molar refractivity (Wildman–Crippen MR) is 126 cm³/mol. The Labute approximate surface area is 186 Å². The van der Waals surface area contributed by atoms with Crippen molar-refractivity contribution in [1.29, 1.82) is 0 Å². The first-order valence-corrected chi connectivity index (χ1v) is 11.9. The Balaban J connectivity index is 1.62. The molecule has 1 heterocycles. The van der Waals surface area contributed by atoms with Gasteiger partial charge >= 0.3 is 0 Å². The highest BCUT2D eigenvalue weighted by Crippen LogP contribution is 2.30. The first-order chi connectivity index (χ1) is 14.4. The summed E-state index contributed by atoms with van der Waals surface area (Å²) in [6.45, 7) is 3.66. The molecule has 1 aromatic heterocycles. The number of carbonyl (C=O) groups excluding carboxylic acids is 1. The average Bonchev–Trinajstić information content (AvgIpc) is 3.12. The van der Waals surface area contributed by atoms with Crippen LogP contribution >= 0.6 is 23.1 Å². The van der Waals surface area contributed by atoms with Crippen LogP contribution < -0.4 is 4.90 Å². The van der Waals surface area contributed by atoms with Gasteiger partial charge in [0.1, 0.15) is 5.82 Å². The van der Waals surface area contributed by atoms with Crippen LogP contribution in [0.25, 0.3) is 10.2 Å². The van der Waals surface area contributed by atoms with Gasteiger partial charge in [-0.25, -0.2) is 9.37 Å². The Morgan fingerprint density at radius 1 is 1.10 bits per heavy atom. The summed E-state index contributed by atoms with van der Waals surface area (Å²) >= 11 is 3.23. The zero-order valence-electron chi connectivity index (χ0n) is 17.7. The molecule has 0 aliphatic heterocycles. The largest absolute Gasteiger partial charge is 0.309 e. The van der Waals surface area contributed by atoms with Gasteiger partial charge in [-0.3, -0.25) is 9.69 Å². The molecule has 1 amide bonds. The number of hydrogen-bond donors (Lipinski definition) is 0. The predicted octanol–water partition coefficient (Wildman–Crippen LogP) is 5.60. The van der Waals surface area contributed by atoms with Gasteiger partial charge in [0.05, 0.1) is 10.2 Å². The third kappa shape index (κ3) is 6.52. The fraction of sp³-hybridized carbons (Fsp3) is 0.391. The van der Waals surface area contributed by atoms with Gasteiger partial charge in [-0.1, -0.05) is 17.4 Å². The molecule has 0 atom stereocenters. The molecule has 0 bridgehead atoms. The molecule has 0 N–H and O–H groups in total. The number of rotatable bonds is 10. The van der Waals surface area contributed by atoms with Gasteiger partial charge in [-0.2, -0.15) is 0 Å². The summed E-state index contributed by atoms with van der Waals surface area (Å²) in [7, 11) is 4.08. The number of carbonyl (C=O) groups is 1. The van der Waals surface area contributed by atoms with Gasteiger partial charge in [-0.15, -0.1) is 11.8 Å². The lowest BCUT2D eigenvalue weighted by Gasteiger charge is -2.21. The summed E-state index contributed by atoms with van der Waals surface area (Å²) in [5.74, 6) is 0.709. The zero-order valence-corrected chi connectivity index (χ0v) is 19.4. The van der Waals surface area contributed by atoms with E-state index in [1.807, 2.05) is 25.1 Å². The van der Waals surface area contributed by atoms with E-state index >= 15 is 0 Å². The lowest BCUT2D eigenvalue weighted by atomic mass is 10.2. The molecule has 0 fully saturated rings. The summed E-state index contributed by atoms with van der Waals surface area (Å²) in [4.78, 5) is 22.8.